The van der Waals surface area contributed by atoms with Crippen LogP contribution in [0.4, 0.5) is 5.69 Å². The summed E-state index contributed by atoms with van der Waals surface area (Å²) in [7, 11) is 2.08. The molecule has 3 aromatic carbocycles. The number of hydrogen-bond donors (Lipinski definition) is 0. The number of carbonyl (C=O) groups excluding carboxylic acids is 1. The highest BCUT2D eigenvalue weighted by Gasteiger charge is 2.39. The lowest BCUT2D eigenvalue weighted by Gasteiger charge is -2.35. The van der Waals surface area contributed by atoms with Crippen LogP contribution in [0.1, 0.15) is 39.4 Å². The Balaban J connectivity index is 1.81. The summed E-state index contributed by atoms with van der Waals surface area (Å²) in [6, 6.07) is 20.4. The van der Waals surface area contributed by atoms with Gasteiger partial charge in [-0.3, -0.25) is 4.79 Å². The van der Waals surface area contributed by atoms with Crippen molar-refractivity contribution in [2.45, 2.75) is 33.2 Å². The highest BCUT2D eigenvalue weighted by Crippen LogP contribution is 2.43. The summed E-state index contributed by atoms with van der Waals surface area (Å²) < 4.78 is 2.22. The maximum absolute atomic E-state index is 14.1. The van der Waals surface area contributed by atoms with E-state index in [1.54, 1.807) is 0 Å². The van der Waals surface area contributed by atoms with Gasteiger partial charge in [-0.25, -0.2) is 0 Å². The Hall–Kier alpha value is -3.04. The number of hydrogen-bond acceptors (Lipinski definition) is 1. The van der Waals surface area contributed by atoms with Gasteiger partial charge in [0.25, 0.3) is 0 Å². The van der Waals surface area contributed by atoms with Crippen LogP contribution in [0.5, 0.6) is 0 Å². The van der Waals surface area contributed by atoms with Gasteiger partial charge in [0.05, 0.1) is 12.5 Å². The number of carbonyl (C=O) groups is 1. The number of rotatable bonds is 2. The van der Waals surface area contributed by atoms with Crippen molar-refractivity contribution < 1.29 is 4.79 Å². The van der Waals surface area contributed by atoms with Crippen molar-refractivity contribution in [1.29, 1.82) is 0 Å². The molecule has 1 aliphatic rings. The molecule has 0 bridgehead atoms. The molecule has 0 fully saturated rings. The molecule has 31 heavy (non-hydrogen) atoms. The molecule has 1 amide bonds. The second-order valence-electron chi connectivity index (χ2n) is 8.60. The number of fused-ring (bicyclic) bond motifs is 3. The fourth-order valence-corrected chi connectivity index (χ4v) is 5.43. The van der Waals surface area contributed by atoms with Gasteiger partial charge in [0, 0.05) is 34.4 Å². The average Bonchev–Trinajstić information content (AvgIpc) is 2.99. The molecule has 1 unspecified atom stereocenters. The summed E-state index contributed by atoms with van der Waals surface area (Å²) in [6.45, 7) is 6.83. The first kappa shape index (κ1) is 19.9. The van der Waals surface area contributed by atoms with E-state index < -0.39 is 0 Å². The second-order valence-corrected chi connectivity index (χ2v) is 9.03. The summed E-state index contributed by atoms with van der Waals surface area (Å²) in [6.07, 6.45) is 0. The van der Waals surface area contributed by atoms with Crippen molar-refractivity contribution in [1.82, 2.24) is 4.57 Å². The van der Waals surface area contributed by atoms with Crippen LogP contribution in [-0.2, 0) is 18.4 Å². The first-order valence-electron chi connectivity index (χ1n) is 10.6. The normalized spacial score (nSPS) is 16.1. The predicted molar refractivity (Wildman–Crippen MR) is 128 cm³/mol. The Morgan fingerprint density at radius 1 is 0.935 bits per heavy atom. The zero-order chi connectivity index (χ0) is 21.9. The highest BCUT2D eigenvalue weighted by molar-refractivity contribution is 6.31. The number of halogens is 1. The quantitative estimate of drug-likeness (QED) is 0.361. The molecule has 4 heteroatoms. The lowest BCUT2D eigenvalue weighted by molar-refractivity contribution is -0.119. The van der Waals surface area contributed by atoms with E-state index in [1.807, 2.05) is 47.4 Å². The maximum Gasteiger partial charge on any atom is 0.239 e. The maximum atomic E-state index is 14.1. The van der Waals surface area contributed by atoms with E-state index in [0.29, 0.717) is 11.6 Å². The highest BCUT2D eigenvalue weighted by atomic mass is 35.5. The first-order valence-corrected chi connectivity index (χ1v) is 11.0. The standard InChI is InChI=1S/C27H25ClN2O/c1-16-12-17(2)26(18(3)13-16)30-15-23-25(21-14-20(28)10-11-22(21)29(23)4)24(27(30)31)19-8-6-5-7-9-19/h5-14,24H,15H2,1-4H3. The van der Waals surface area contributed by atoms with E-state index in [-0.39, 0.29) is 11.8 Å². The van der Waals surface area contributed by atoms with E-state index in [1.165, 1.54) is 5.56 Å². The summed E-state index contributed by atoms with van der Waals surface area (Å²) >= 11 is 6.38. The summed E-state index contributed by atoms with van der Waals surface area (Å²) in [5, 5.41) is 1.75. The SMILES string of the molecule is Cc1cc(C)c(N2Cc3c(c4cc(Cl)ccc4n3C)C(c3ccccc3)C2=O)c(C)c1. The smallest absolute Gasteiger partial charge is 0.239 e. The van der Waals surface area contributed by atoms with Crippen LogP contribution in [0.15, 0.2) is 60.7 Å². The van der Waals surface area contributed by atoms with Crippen LogP contribution in [0.25, 0.3) is 10.9 Å². The van der Waals surface area contributed by atoms with Crippen molar-refractivity contribution >= 4 is 34.1 Å². The number of benzene rings is 3. The molecular formula is C27H25ClN2O. The molecule has 2 heterocycles. The fourth-order valence-electron chi connectivity index (χ4n) is 5.26. The van der Waals surface area contributed by atoms with Crippen molar-refractivity contribution in [3.8, 4) is 0 Å². The molecule has 4 aromatic rings. The minimum absolute atomic E-state index is 0.112. The number of nitrogens with zero attached hydrogens (tertiary/aromatic N) is 2. The molecule has 0 N–H and O–H groups in total. The zero-order valence-corrected chi connectivity index (χ0v) is 19.0. The lowest BCUT2D eigenvalue weighted by atomic mass is 9.84. The van der Waals surface area contributed by atoms with E-state index in [4.69, 9.17) is 11.6 Å². The van der Waals surface area contributed by atoms with E-state index in [0.717, 1.165) is 44.5 Å². The monoisotopic (exact) mass is 428 g/mol. The largest absolute Gasteiger partial charge is 0.346 e. The van der Waals surface area contributed by atoms with Gasteiger partial charge in [-0.1, -0.05) is 59.6 Å². The van der Waals surface area contributed by atoms with Crippen LogP contribution < -0.4 is 4.90 Å². The molecule has 3 nitrogen and oxygen atoms in total. The molecule has 1 aromatic heterocycles. The third-order valence-electron chi connectivity index (χ3n) is 6.47. The third-order valence-corrected chi connectivity index (χ3v) is 6.71. The molecule has 5 rings (SSSR count). The predicted octanol–water partition coefficient (Wildman–Crippen LogP) is 6.44. The van der Waals surface area contributed by atoms with Gasteiger partial charge in [-0.2, -0.15) is 0 Å². The molecule has 0 radical (unpaired) electrons. The van der Waals surface area contributed by atoms with Crippen molar-refractivity contribution in [2.24, 2.45) is 7.05 Å². The van der Waals surface area contributed by atoms with Crippen LogP contribution in [0.2, 0.25) is 5.02 Å². The van der Waals surface area contributed by atoms with Crippen molar-refractivity contribution in [3.63, 3.8) is 0 Å². The Morgan fingerprint density at radius 3 is 2.29 bits per heavy atom. The van der Waals surface area contributed by atoms with Gasteiger partial charge in [0.2, 0.25) is 5.91 Å². The molecule has 1 atom stereocenters. The Labute approximate surface area is 187 Å². The van der Waals surface area contributed by atoms with Gasteiger partial charge in [0.15, 0.2) is 0 Å². The summed E-state index contributed by atoms with van der Waals surface area (Å²) in [5.41, 5.74) is 8.83. The first-order chi connectivity index (χ1) is 14.9. The van der Waals surface area contributed by atoms with E-state index >= 15 is 0 Å². The van der Waals surface area contributed by atoms with Crippen molar-refractivity contribution in [2.75, 3.05) is 4.90 Å². The fraction of sp³-hybridized carbons (Fsp3) is 0.222. The lowest BCUT2D eigenvalue weighted by Crippen LogP contribution is -2.41. The number of amides is 1. The number of aromatic nitrogens is 1. The molecule has 1 aliphatic heterocycles. The van der Waals surface area contributed by atoms with Gasteiger partial charge in [-0.15, -0.1) is 0 Å². The number of anilines is 1. The zero-order valence-electron chi connectivity index (χ0n) is 18.2. The van der Waals surface area contributed by atoms with E-state index in [2.05, 4.69) is 50.6 Å². The van der Waals surface area contributed by atoms with Crippen LogP contribution >= 0.6 is 11.6 Å². The minimum Gasteiger partial charge on any atom is -0.346 e. The molecule has 0 spiro atoms. The number of aryl methyl sites for hydroxylation is 4. The second kappa shape index (κ2) is 7.28. The molecule has 0 saturated carbocycles. The van der Waals surface area contributed by atoms with E-state index in [9.17, 15) is 4.79 Å². The molecule has 0 saturated heterocycles. The van der Waals surface area contributed by atoms with Crippen molar-refractivity contribution in [3.05, 3.63) is 99.2 Å². The summed E-state index contributed by atoms with van der Waals surface area (Å²) in [5.74, 6) is -0.256. The average molecular weight is 429 g/mol. The van der Waals surface area contributed by atoms with Gasteiger partial charge in [-0.05, 0) is 61.2 Å². The van der Waals surface area contributed by atoms with Crippen LogP contribution in [0, 0.1) is 20.8 Å². The van der Waals surface area contributed by atoms with Crippen LogP contribution in [-0.4, -0.2) is 10.5 Å². The minimum atomic E-state index is -0.368. The van der Waals surface area contributed by atoms with Gasteiger partial charge >= 0.3 is 0 Å². The Morgan fingerprint density at radius 2 is 1.61 bits per heavy atom. The Bertz CT molecular complexity index is 1310. The molecule has 0 aliphatic carbocycles. The topological polar surface area (TPSA) is 25.2 Å². The van der Waals surface area contributed by atoms with Gasteiger partial charge < -0.3 is 9.47 Å². The molecular weight excluding hydrogens is 404 g/mol. The van der Waals surface area contributed by atoms with Crippen LogP contribution in [0.3, 0.4) is 0 Å². The Kier molecular flexibility index (Phi) is 4.67. The summed E-state index contributed by atoms with van der Waals surface area (Å²) in [4.78, 5) is 16.1. The molecule has 156 valence electrons. The van der Waals surface area contributed by atoms with Gasteiger partial charge in [0.1, 0.15) is 0 Å². The third kappa shape index (κ3) is 3.07.